The van der Waals surface area contributed by atoms with Gasteiger partial charge in [0.15, 0.2) is 0 Å². The average molecular weight is 279 g/mol. The summed E-state index contributed by atoms with van der Waals surface area (Å²) in [7, 11) is 0. The summed E-state index contributed by atoms with van der Waals surface area (Å²) in [6.07, 6.45) is 0.315. The lowest BCUT2D eigenvalue weighted by molar-refractivity contribution is -0.122. The standard InChI is InChI=1S/C16H25NO3/c1-11-6-5-7-15(13(11)3)20-9-8-16(19)17-14(4)12(2)10-18/h5-7,12,14,18H,8-10H2,1-4H3,(H,17,19). The van der Waals surface area contributed by atoms with E-state index in [1.165, 1.54) is 5.56 Å². The van der Waals surface area contributed by atoms with Crippen molar-refractivity contribution >= 4 is 5.91 Å². The van der Waals surface area contributed by atoms with E-state index in [2.05, 4.69) is 5.32 Å². The highest BCUT2D eigenvalue weighted by Gasteiger charge is 2.13. The number of aliphatic hydroxyl groups is 1. The van der Waals surface area contributed by atoms with E-state index < -0.39 is 0 Å². The van der Waals surface area contributed by atoms with Gasteiger partial charge in [-0.2, -0.15) is 0 Å². The van der Waals surface area contributed by atoms with Gasteiger partial charge in [-0.25, -0.2) is 0 Å². The van der Waals surface area contributed by atoms with E-state index in [9.17, 15) is 4.79 Å². The molecule has 0 fully saturated rings. The highest BCUT2D eigenvalue weighted by atomic mass is 16.5. The molecule has 0 bridgehead atoms. The predicted molar refractivity (Wildman–Crippen MR) is 79.9 cm³/mol. The van der Waals surface area contributed by atoms with Crippen LogP contribution < -0.4 is 10.1 Å². The second-order valence-corrected chi connectivity index (χ2v) is 5.31. The summed E-state index contributed by atoms with van der Waals surface area (Å²) in [5.41, 5.74) is 2.28. The zero-order chi connectivity index (χ0) is 15.1. The van der Waals surface area contributed by atoms with Crippen molar-refractivity contribution in [1.82, 2.24) is 5.32 Å². The first-order chi connectivity index (χ1) is 9.45. The molecule has 0 spiro atoms. The number of carbonyl (C=O) groups is 1. The first-order valence-corrected chi connectivity index (χ1v) is 7.05. The van der Waals surface area contributed by atoms with E-state index in [1.54, 1.807) is 0 Å². The number of hydrogen-bond acceptors (Lipinski definition) is 3. The van der Waals surface area contributed by atoms with Gasteiger partial charge in [0, 0.05) is 12.6 Å². The Kier molecular flexibility index (Phi) is 6.52. The quantitative estimate of drug-likeness (QED) is 0.804. The van der Waals surface area contributed by atoms with Crippen LogP contribution in [0.4, 0.5) is 0 Å². The number of ether oxygens (including phenoxy) is 1. The largest absolute Gasteiger partial charge is 0.493 e. The van der Waals surface area contributed by atoms with Crippen molar-refractivity contribution in [1.29, 1.82) is 0 Å². The van der Waals surface area contributed by atoms with Crippen molar-refractivity contribution in [2.45, 2.75) is 40.2 Å². The van der Waals surface area contributed by atoms with Crippen LogP contribution in [-0.2, 0) is 4.79 Å². The van der Waals surface area contributed by atoms with E-state index >= 15 is 0 Å². The molecule has 2 atom stereocenters. The Labute approximate surface area is 121 Å². The number of nitrogens with one attached hydrogen (secondary N) is 1. The smallest absolute Gasteiger partial charge is 0.223 e. The SMILES string of the molecule is Cc1cccc(OCCC(=O)NC(C)C(C)CO)c1C. The first-order valence-electron chi connectivity index (χ1n) is 7.05. The third-order valence-electron chi connectivity index (χ3n) is 3.67. The molecule has 20 heavy (non-hydrogen) atoms. The fraction of sp³-hybridized carbons (Fsp3) is 0.562. The molecular formula is C16H25NO3. The van der Waals surface area contributed by atoms with Crippen LogP contribution in [0.1, 0.15) is 31.4 Å². The van der Waals surface area contributed by atoms with Crippen LogP contribution in [0.3, 0.4) is 0 Å². The van der Waals surface area contributed by atoms with Crippen molar-refractivity contribution in [2.24, 2.45) is 5.92 Å². The maximum absolute atomic E-state index is 11.7. The molecule has 0 aliphatic carbocycles. The van der Waals surface area contributed by atoms with E-state index in [0.717, 1.165) is 11.3 Å². The summed E-state index contributed by atoms with van der Waals surface area (Å²) < 4.78 is 5.65. The summed E-state index contributed by atoms with van der Waals surface area (Å²) in [6, 6.07) is 5.86. The molecule has 1 aromatic rings. The molecule has 0 aromatic heterocycles. The van der Waals surface area contributed by atoms with Crippen LogP contribution in [0.25, 0.3) is 0 Å². The van der Waals surface area contributed by atoms with Gasteiger partial charge < -0.3 is 15.2 Å². The summed E-state index contributed by atoms with van der Waals surface area (Å²) in [5.74, 6) is 0.830. The monoisotopic (exact) mass is 279 g/mol. The molecule has 0 saturated heterocycles. The Morgan fingerprint density at radius 2 is 2.05 bits per heavy atom. The average Bonchev–Trinajstić information content (AvgIpc) is 2.42. The summed E-state index contributed by atoms with van der Waals surface area (Å²) in [6.45, 7) is 8.27. The Morgan fingerprint density at radius 3 is 2.70 bits per heavy atom. The van der Waals surface area contributed by atoms with E-state index in [4.69, 9.17) is 9.84 Å². The van der Waals surface area contributed by atoms with E-state index in [-0.39, 0.29) is 24.5 Å². The van der Waals surface area contributed by atoms with E-state index in [0.29, 0.717) is 13.0 Å². The van der Waals surface area contributed by atoms with Gasteiger partial charge in [0.2, 0.25) is 5.91 Å². The van der Waals surface area contributed by atoms with Gasteiger partial charge in [-0.3, -0.25) is 4.79 Å². The minimum atomic E-state index is -0.0527. The predicted octanol–water partition coefficient (Wildman–Crippen LogP) is 2.21. The molecule has 2 N–H and O–H groups in total. The molecule has 0 heterocycles. The number of rotatable bonds is 7. The lowest BCUT2D eigenvalue weighted by Gasteiger charge is -2.19. The molecule has 0 saturated carbocycles. The Balaban J connectivity index is 2.37. The summed E-state index contributed by atoms with van der Waals surface area (Å²) in [5, 5.41) is 11.9. The van der Waals surface area contributed by atoms with Gasteiger partial charge >= 0.3 is 0 Å². The third-order valence-corrected chi connectivity index (χ3v) is 3.67. The molecule has 4 nitrogen and oxygen atoms in total. The van der Waals surface area contributed by atoms with Crippen LogP contribution in [0.2, 0.25) is 0 Å². The molecule has 2 unspecified atom stereocenters. The van der Waals surface area contributed by atoms with Crippen LogP contribution in [0.15, 0.2) is 18.2 Å². The van der Waals surface area contributed by atoms with Crippen molar-refractivity contribution in [3.8, 4) is 5.75 Å². The highest BCUT2D eigenvalue weighted by Crippen LogP contribution is 2.20. The van der Waals surface area contributed by atoms with Crippen LogP contribution in [-0.4, -0.2) is 30.3 Å². The van der Waals surface area contributed by atoms with Crippen LogP contribution in [0, 0.1) is 19.8 Å². The van der Waals surface area contributed by atoms with Crippen molar-refractivity contribution in [2.75, 3.05) is 13.2 Å². The number of hydrogen-bond donors (Lipinski definition) is 2. The minimum absolute atomic E-state index is 0.0341. The van der Waals surface area contributed by atoms with Gasteiger partial charge in [0.1, 0.15) is 5.75 Å². The van der Waals surface area contributed by atoms with Crippen molar-refractivity contribution in [3.63, 3.8) is 0 Å². The molecule has 112 valence electrons. The Bertz CT molecular complexity index is 445. The van der Waals surface area contributed by atoms with Crippen LogP contribution >= 0.6 is 0 Å². The van der Waals surface area contributed by atoms with Gasteiger partial charge in [0.25, 0.3) is 0 Å². The maximum Gasteiger partial charge on any atom is 0.223 e. The fourth-order valence-corrected chi connectivity index (χ4v) is 1.76. The molecule has 1 rings (SSSR count). The van der Waals surface area contributed by atoms with Gasteiger partial charge in [-0.05, 0) is 43.9 Å². The van der Waals surface area contributed by atoms with Crippen LogP contribution in [0.5, 0.6) is 5.75 Å². The third kappa shape index (κ3) is 4.85. The Hall–Kier alpha value is -1.55. The molecule has 0 aliphatic rings. The summed E-state index contributed by atoms with van der Waals surface area (Å²) >= 11 is 0. The molecular weight excluding hydrogens is 254 g/mol. The zero-order valence-electron chi connectivity index (χ0n) is 12.8. The molecule has 4 heteroatoms. The maximum atomic E-state index is 11.7. The second-order valence-electron chi connectivity index (χ2n) is 5.31. The number of carbonyl (C=O) groups excluding carboxylic acids is 1. The molecule has 0 aliphatic heterocycles. The molecule has 1 amide bonds. The Morgan fingerprint density at radius 1 is 1.35 bits per heavy atom. The number of benzene rings is 1. The van der Waals surface area contributed by atoms with Gasteiger partial charge in [-0.15, -0.1) is 0 Å². The topological polar surface area (TPSA) is 58.6 Å². The van der Waals surface area contributed by atoms with E-state index in [1.807, 2.05) is 45.9 Å². The first kappa shape index (κ1) is 16.5. The number of aryl methyl sites for hydroxylation is 1. The molecule has 1 aromatic carbocycles. The second kappa shape index (κ2) is 7.90. The fourth-order valence-electron chi connectivity index (χ4n) is 1.76. The van der Waals surface area contributed by atoms with Crippen molar-refractivity contribution < 1.29 is 14.6 Å². The summed E-state index contributed by atoms with van der Waals surface area (Å²) in [4.78, 5) is 11.7. The molecule has 0 radical (unpaired) electrons. The number of amides is 1. The van der Waals surface area contributed by atoms with Crippen molar-refractivity contribution in [3.05, 3.63) is 29.3 Å². The minimum Gasteiger partial charge on any atom is -0.493 e. The lowest BCUT2D eigenvalue weighted by Crippen LogP contribution is -2.38. The van der Waals surface area contributed by atoms with Gasteiger partial charge in [-0.1, -0.05) is 19.1 Å². The number of aliphatic hydroxyl groups excluding tert-OH is 1. The normalized spacial score (nSPS) is 13.7. The zero-order valence-corrected chi connectivity index (χ0v) is 12.8. The van der Waals surface area contributed by atoms with Gasteiger partial charge in [0.05, 0.1) is 13.0 Å². The highest BCUT2D eigenvalue weighted by molar-refractivity contribution is 5.76. The lowest BCUT2D eigenvalue weighted by atomic mass is 10.1.